The van der Waals surface area contributed by atoms with E-state index in [4.69, 9.17) is 4.74 Å². The molecule has 0 radical (unpaired) electrons. The van der Waals surface area contributed by atoms with E-state index in [1.165, 1.54) is 0 Å². The Hall–Kier alpha value is -1.35. The molecule has 0 aliphatic heterocycles. The maximum atomic E-state index is 12.0. The van der Waals surface area contributed by atoms with E-state index < -0.39 is 0 Å². The molecule has 4 unspecified atom stereocenters. The number of carbonyl (C=O) groups is 1. The Morgan fingerprint density at radius 3 is 2.89 bits per heavy atom. The van der Waals surface area contributed by atoms with Gasteiger partial charge in [-0.25, -0.2) is 0 Å². The average molecular weight is 260 g/mol. The van der Waals surface area contributed by atoms with E-state index in [2.05, 4.69) is 13.0 Å². The minimum Gasteiger partial charge on any atom is -0.497 e. The first-order valence-corrected chi connectivity index (χ1v) is 6.88. The van der Waals surface area contributed by atoms with E-state index in [1.807, 2.05) is 12.2 Å². The number of methoxy groups -OCH3 is 1. The highest BCUT2D eigenvalue weighted by atomic mass is 16.5. The van der Waals surface area contributed by atoms with Gasteiger partial charge in [0.05, 0.1) is 13.2 Å². The molecule has 3 aliphatic carbocycles. The standard InChI is InChI=1S/C16H20O3/c1-16-8-11(15(18)9-16)6-12(17)5-10-3-4-13(19-2)7-14(10)16/h3-5,7,11,14-15,18H,6,8-9H2,1-2H3/b10-5-. The average Bonchev–Trinajstić information content (AvgIpc) is 2.65. The van der Waals surface area contributed by atoms with Crippen molar-refractivity contribution >= 4 is 5.78 Å². The number of rotatable bonds is 1. The van der Waals surface area contributed by atoms with E-state index in [-0.39, 0.29) is 29.1 Å². The summed E-state index contributed by atoms with van der Waals surface area (Å²) in [7, 11) is 1.66. The summed E-state index contributed by atoms with van der Waals surface area (Å²) in [5, 5.41) is 10.2. The fourth-order valence-electron chi connectivity index (χ4n) is 3.90. The zero-order valence-electron chi connectivity index (χ0n) is 11.4. The van der Waals surface area contributed by atoms with Crippen molar-refractivity contribution in [1.82, 2.24) is 0 Å². The van der Waals surface area contributed by atoms with Gasteiger partial charge in [0.15, 0.2) is 5.78 Å². The lowest BCUT2D eigenvalue weighted by Gasteiger charge is -2.36. The lowest BCUT2D eigenvalue weighted by Crippen LogP contribution is -2.28. The topological polar surface area (TPSA) is 46.5 Å². The predicted molar refractivity (Wildman–Crippen MR) is 72.3 cm³/mol. The van der Waals surface area contributed by atoms with Crippen LogP contribution in [0.2, 0.25) is 0 Å². The molecule has 1 fully saturated rings. The Bertz CT molecular complexity index is 500. The maximum absolute atomic E-state index is 12.0. The van der Waals surface area contributed by atoms with Crippen LogP contribution in [0.3, 0.4) is 0 Å². The summed E-state index contributed by atoms with van der Waals surface area (Å²) in [6.45, 7) is 2.22. The van der Waals surface area contributed by atoms with Crippen LogP contribution < -0.4 is 0 Å². The minimum absolute atomic E-state index is 0.0190. The van der Waals surface area contributed by atoms with Crippen LogP contribution in [0, 0.1) is 17.3 Å². The number of carbonyl (C=O) groups excluding carboxylic acids is 1. The van der Waals surface area contributed by atoms with Gasteiger partial charge in [-0.05, 0) is 48.0 Å². The highest BCUT2D eigenvalue weighted by Gasteiger charge is 2.48. The van der Waals surface area contributed by atoms with Crippen molar-refractivity contribution < 1.29 is 14.6 Å². The highest BCUT2D eigenvalue weighted by molar-refractivity contribution is 5.91. The zero-order chi connectivity index (χ0) is 13.6. The van der Waals surface area contributed by atoms with Crippen LogP contribution in [0.5, 0.6) is 0 Å². The number of aliphatic hydroxyl groups excluding tert-OH is 1. The zero-order valence-corrected chi connectivity index (χ0v) is 11.4. The molecular formula is C16H20O3. The molecule has 3 heteroatoms. The predicted octanol–water partition coefficient (Wildman–Crippen LogP) is 2.38. The van der Waals surface area contributed by atoms with E-state index in [1.54, 1.807) is 13.2 Å². The van der Waals surface area contributed by atoms with Gasteiger partial charge in [0.25, 0.3) is 0 Å². The van der Waals surface area contributed by atoms with Gasteiger partial charge in [0.1, 0.15) is 5.76 Å². The Kier molecular flexibility index (Phi) is 2.90. The smallest absolute Gasteiger partial charge is 0.156 e. The molecule has 0 aromatic rings. The van der Waals surface area contributed by atoms with Crippen LogP contribution in [-0.4, -0.2) is 24.1 Å². The van der Waals surface area contributed by atoms with Gasteiger partial charge in [-0.15, -0.1) is 0 Å². The van der Waals surface area contributed by atoms with E-state index in [0.29, 0.717) is 6.42 Å². The lowest BCUT2D eigenvalue weighted by atomic mass is 9.68. The molecule has 0 spiro atoms. The molecule has 4 atom stereocenters. The summed E-state index contributed by atoms with van der Waals surface area (Å²) in [6.07, 6.45) is 9.53. The van der Waals surface area contributed by atoms with Gasteiger partial charge in [-0.2, -0.15) is 0 Å². The molecule has 0 amide bonds. The van der Waals surface area contributed by atoms with Gasteiger partial charge in [-0.3, -0.25) is 4.79 Å². The number of ketones is 1. The Balaban J connectivity index is 2.06. The van der Waals surface area contributed by atoms with Crippen LogP contribution >= 0.6 is 0 Å². The number of ether oxygens (including phenoxy) is 1. The molecule has 3 rings (SSSR count). The first-order valence-electron chi connectivity index (χ1n) is 6.88. The fraction of sp³-hybridized carbons (Fsp3) is 0.562. The molecule has 2 bridgehead atoms. The fourth-order valence-corrected chi connectivity index (χ4v) is 3.90. The monoisotopic (exact) mass is 260 g/mol. The second kappa shape index (κ2) is 4.34. The number of fused-ring (bicyclic) bond motifs is 4. The number of aliphatic hydroxyl groups is 1. The van der Waals surface area contributed by atoms with Crippen LogP contribution in [-0.2, 0) is 9.53 Å². The maximum Gasteiger partial charge on any atom is 0.156 e. The summed E-state index contributed by atoms with van der Waals surface area (Å²) in [5.41, 5.74) is 1.08. The van der Waals surface area contributed by atoms with Crippen molar-refractivity contribution in [2.75, 3.05) is 7.11 Å². The first kappa shape index (κ1) is 12.7. The SMILES string of the molecule is COC1=CC2/C(=C\C(=O)CC3CC2(C)CC3O)C=C1. The molecule has 1 saturated carbocycles. The second-order valence-electron chi connectivity index (χ2n) is 6.29. The quantitative estimate of drug-likeness (QED) is 0.787. The molecule has 3 nitrogen and oxygen atoms in total. The van der Waals surface area contributed by atoms with Gasteiger partial charge in [0.2, 0.25) is 0 Å². The van der Waals surface area contributed by atoms with Crippen LogP contribution in [0.25, 0.3) is 0 Å². The molecule has 1 N–H and O–H groups in total. The van der Waals surface area contributed by atoms with Crippen molar-refractivity contribution in [3.63, 3.8) is 0 Å². The summed E-state index contributed by atoms with van der Waals surface area (Å²) in [6, 6.07) is 0. The molecule has 0 aromatic heterocycles. The van der Waals surface area contributed by atoms with Gasteiger partial charge < -0.3 is 9.84 Å². The largest absolute Gasteiger partial charge is 0.497 e. The first-order chi connectivity index (χ1) is 9.01. The van der Waals surface area contributed by atoms with Gasteiger partial charge >= 0.3 is 0 Å². The Morgan fingerprint density at radius 1 is 1.37 bits per heavy atom. The minimum atomic E-state index is -0.355. The van der Waals surface area contributed by atoms with Gasteiger partial charge in [-0.1, -0.05) is 13.0 Å². The molecule has 102 valence electrons. The second-order valence-corrected chi connectivity index (χ2v) is 6.29. The third-order valence-electron chi connectivity index (χ3n) is 4.86. The third kappa shape index (κ3) is 2.06. The van der Waals surface area contributed by atoms with E-state index in [0.717, 1.165) is 24.2 Å². The Morgan fingerprint density at radius 2 is 2.16 bits per heavy atom. The van der Waals surface area contributed by atoms with Crippen LogP contribution in [0.15, 0.2) is 35.6 Å². The highest BCUT2D eigenvalue weighted by Crippen LogP contribution is 2.53. The van der Waals surface area contributed by atoms with Crippen molar-refractivity contribution in [2.24, 2.45) is 17.3 Å². The Labute approximate surface area is 113 Å². The molecular weight excluding hydrogens is 240 g/mol. The molecule has 3 aliphatic rings. The summed E-state index contributed by atoms with van der Waals surface area (Å²) in [4.78, 5) is 12.0. The molecule has 0 heterocycles. The molecule has 0 aromatic carbocycles. The summed E-state index contributed by atoms with van der Waals surface area (Å²) in [5.74, 6) is 1.25. The normalized spacial score (nSPS) is 43.7. The van der Waals surface area contributed by atoms with E-state index in [9.17, 15) is 9.90 Å². The van der Waals surface area contributed by atoms with Crippen molar-refractivity contribution in [1.29, 1.82) is 0 Å². The molecule has 0 saturated heterocycles. The van der Waals surface area contributed by atoms with Gasteiger partial charge in [0, 0.05) is 12.3 Å². The van der Waals surface area contributed by atoms with Crippen LogP contribution in [0.1, 0.15) is 26.2 Å². The number of hydrogen-bond donors (Lipinski definition) is 1. The van der Waals surface area contributed by atoms with Crippen molar-refractivity contribution in [3.05, 3.63) is 35.6 Å². The molecule has 19 heavy (non-hydrogen) atoms. The third-order valence-corrected chi connectivity index (χ3v) is 4.86. The van der Waals surface area contributed by atoms with E-state index >= 15 is 0 Å². The lowest BCUT2D eigenvalue weighted by molar-refractivity contribution is -0.116. The summed E-state index contributed by atoms with van der Waals surface area (Å²) < 4.78 is 5.32. The number of allylic oxidation sites excluding steroid dienone is 5. The number of hydrogen-bond acceptors (Lipinski definition) is 3. The van der Waals surface area contributed by atoms with Crippen LogP contribution in [0.4, 0.5) is 0 Å². The van der Waals surface area contributed by atoms with Crippen molar-refractivity contribution in [3.8, 4) is 0 Å². The van der Waals surface area contributed by atoms with Crippen molar-refractivity contribution in [2.45, 2.75) is 32.3 Å². The summed E-state index contributed by atoms with van der Waals surface area (Å²) >= 11 is 0.